The molecule has 0 radical (unpaired) electrons. The Kier molecular flexibility index (Phi) is 4.36. The first kappa shape index (κ1) is 7.50. The van der Waals surface area contributed by atoms with Gasteiger partial charge in [-0.15, -0.1) is 0 Å². The van der Waals surface area contributed by atoms with Crippen LogP contribution in [0.5, 0.6) is 0 Å². The minimum atomic E-state index is 0.777. The number of hydrogen-bond donors (Lipinski definition) is 0. The second-order valence-electron chi connectivity index (χ2n) is 1.40. The lowest BCUT2D eigenvalue weighted by molar-refractivity contribution is 0.491. The van der Waals surface area contributed by atoms with Gasteiger partial charge in [0.05, 0.1) is 5.76 Å². The van der Waals surface area contributed by atoms with Gasteiger partial charge in [-0.25, -0.2) is 0 Å². The maximum Gasteiger partial charge on any atom is 0.204 e. The minimum Gasteiger partial charge on any atom is -0.553 e. The molecule has 0 spiro atoms. The molecule has 0 unspecified atom stereocenters. The fourth-order valence-electron chi connectivity index (χ4n) is 0.446. The summed E-state index contributed by atoms with van der Waals surface area (Å²) in [6.07, 6.45) is 5.87. The summed E-state index contributed by atoms with van der Waals surface area (Å²) in [7, 11) is 0.777. The average molecular weight is 128 g/mol. The molecule has 0 aliphatic carbocycles. The van der Waals surface area contributed by atoms with Gasteiger partial charge >= 0.3 is 0 Å². The number of hydrogen-bond acceptors (Lipinski definition) is 1. The lowest BCUT2D eigenvalue weighted by Crippen LogP contribution is -1.80. The summed E-state index contributed by atoms with van der Waals surface area (Å²) in [4.78, 5) is 0. The van der Waals surface area contributed by atoms with E-state index in [0.29, 0.717) is 0 Å². The maximum atomic E-state index is 5.05. The normalized spacial score (nSPS) is 13.0. The Morgan fingerprint density at radius 2 is 2.12 bits per heavy atom. The van der Waals surface area contributed by atoms with Crippen molar-refractivity contribution in [2.75, 3.05) is 0 Å². The summed E-state index contributed by atoms with van der Waals surface area (Å²) >= 11 is 0. The topological polar surface area (TPSA) is 9.23 Å². The highest BCUT2D eigenvalue weighted by molar-refractivity contribution is 5.98. The Morgan fingerprint density at radius 3 is 2.25 bits per heavy atom. The number of rotatable bonds is 2. The Hall–Kier alpha value is -0.503. The van der Waals surface area contributed by atoms with E-state index in [1.807, 2.05) is 32.1 Å². The van der Waals surface area contributed by atoms with Crippen LogP contribution in [0.3, 0.4) is 0 Å². The summed E-state index contributed by atoms with van der Waals surface area (Å²) in [5.41, 5.74) is 0. The summed E-state index contributed by atoms with van der Waals surface area (Å²) in [6.45, 7) is 3.94. The largest absolute Gasteiger partial charge is 0.553 e. The molecular weight excluding hydrogens is 116 g/mol. The Morgan fingerprint density at radius 1 is 1.50 bits per heavy atom. The van der Waals surface area contributed by atoms with Crippen LogP contribution in [0.4, 0.5) is 0 Å². The molecule has 0 saturated heterocycles. The molecule has 0 aliphatic rings. The molecule has 46 valence electrons. The van der Waals surface area contributed by atoms with Gasteiger partial charge in [0.2, 0.25) is 10.5 Å². The molecule has 0 aromatic carbocycles. The van der Waals surface area contributed by atoms with Gasteiger partial charge in [-0.05, 0) is 26.0 Å². The predicted octanol–water partition coefficient (Wildman–Crippen LogP) is 0.763. The van der Waals surface area contributed by atoms with Crippen molar-refractivity contribution in [2.45, 2.75) is 13.8 Å². The van der Waals surface area contributed by atoms with E-state index in [9.17, 15) is 0 Å². The zero-order valence-corrected chi connectivity index (χ0v) is 7.64. The van der Waals surface area contributed by atoms with Crippen LogP contribution in [0.1, 0.15) is 13.8 Å². The SMILES string of the molecule is CC=CC(=CC)O[SiH3]. The molecule has 8 heavy (non-hydrogen) atoms. The van der Waals surface area contributed by atoms with E-state index in [1.165, 1.54) is 0 Å². The van der Waals surface area contributed by atoms with Crippen molar-refractivity contribution in [3.63, 3.8) is 0 Å². The smallest absolute Gasteiger partial charge is 0.204 e. The van der Waals surface area contributed by atoms with Crippen LogP contribution < -0.4 is 0 Å². The summed E-state index contributed by atoms with van der Waals surface area (Å²) in [5.74, 6) is 0.971. The molecule has 0 rings (SSSR count). The van der Waals surface area contributed by atoms with Crippen LogP contribution in [0.2, 0.25) is 0 Å². The van der Waals surface area contributed by atoms with E-state index < -0.39 is 0 Å². The lowest BCUT2D eigenvalue weighted by Gasteiger charge is -1.96. The van der Waals surface area contributed by atoms with Crippen LogP contribution >= 0.6 is 0 Å². The van der Waals surface area contributed by atoms with Gasteiger partial charge in [0.15, 0.2) is 0 Å². The third-order valence-corrected chi connectivity index (χ3v) is 1.32. The second kappa shape index (κ2) is 4.65. The minimum absolute atomic E-state index is 0.777. The molecule has 0 atom stereocenters. The standard InChI is InChI=1S/C6H12OSi/c1-3-5-6(4-2)7-8/h3-5H,1-2,8H3. The van der Waals surface area contributed by atoms with Crippen molar-refractivity contribution in [2.24, 2.45) is 0 Å². The second-order valence-corrected chi connectivity index (χ2v) is 1.80. The van der Waals surface area contributed by atoms with Crippen molar-refractivity contribution < 1.29 is 4.43 Å². The molecule has 0 heterocycles. The summed E-state index contributed by atoms with van der Waals surface area (Å²) in [5, 5.41) is 0. The van der Waals surface area contributed by atoms with Crippen molar-refractivity contribution in [3.05, 3.63) is 24.0 Å². The first-order valence-electron chi connectivity index (χ1n) is 2.68. The highest BCUT2D eigenvalue weighted by atomic mass is 28.2. The molecule has 0 bridgehead atoms. The van der Waals surface area contributed by atoms with Gasteiger partial charge in [0.25, 0.3) is 0 Å². The van der Waals surface area contributed by atoms with Crippen molar-refractivity contribution in [1.29, 1.82) is 0 Å². The molecule has 0 fully saturated rings. The molecule has 0 saturated carbocycles. The van der Waals surface area contributed by atoms with E-state index in [4.69, 9.17) is 4.43 Å². The van der Waals surface area contributed by atoms with Crippen molar-refractivity contribution in [1.82, 2.24) is 0 Å². The number of allylic oxidation sites excluding steroid dienone is 3. The molecule has 0 aromatic rings. The molecular formula is C6H12OSi. The fourth-order valence-corrected chi connectivity index (χ4v) is 0.818. The average Bonchev–Trinajstić information content (AvgIpc) is 1.83. The van der Waals surface area contributed by atoms with Crippen LogP contribution in [-0.2, 0) is 4.43 Å². The molecule has 0 amide bonds. The van der Waals surface area contributed by atoms with E-state index >= 15 is 0 Å². The monoisotopic (exact) mass is 128 g/mol. The first-order chi connectivity index (χ1) is 3.85. The van der Waals surface area contributed by atoms with Gasteiger partial charge in [-0.3, -0.25) is 0 Å². The van der Waals surface area contributed by atoms with Gasteiger partial charge < -0.3 is 4.43 Å². The van der Waals surface area contributed by atoms with E-state index in [0.717, 1.165) is 16.2 Å². The molecule has 0 N–H and O–H groups in total. The van der Waals surface area contributed by atoms with Crippen LogP contribution in [0.15, 0.2) is 24.0 Å². The first-order valence-corrected chi connectivity index (χ1v) is 3.49. The quantitative estimate of drug-likeness (QED) is 0.303. The van der Waals surface area contributed by atoms with Crippen molar-refractivity contribution in [3.8, 4) is 0 Å². The van der Waals surface area contributed by atoms with Gasteiger partial charge in [-0.2, -0.15) is 0 Å². The lowest BCUT2D eigenvalue weighted by atomic mass is 10.4. The Balaban J connectivity index is 3.72. The molecule has 2 heteroatoms. The van der Waals surface area contributed by atoms with Crippen LogP contribution in [0.25, 0.3) is 0 Å². The predicted molar refractivity (Wildman–Crippen MR) is 39.6 cm³/mol. The van der Waals surface area contributed by atoms with E-state index in [2.05, 4.69) is 0 Å². The zero-order chi connectivity index (χ0) is 6.41. The van der Waals surface area contributed by atoms with E-state index in [-0.39, 0.29) is 0 Å². The zero-order valence-electron chi connectivity index (χ0n) is 5.64. The summed E-state index contributed by atoms with van der Waals surface area (Å²) < 4.78 is 5.05. The molecule has 1 nitrogen and oxygen atoms in total. The fraction of sp³-hybridized carbons (Fsp3) is 0.333. The third kappa shape index (κ3) is 2.63. The van der Waals surface area contributed by atoms with Crippen molar-refractivity contribution >= 4 is 10.5 Å². The maximum absolute atomic E-state index is 5.05. The van der Waals surface area contributed by atoms with Gasteiger partial charge in [-0.1, -0.05) is 6.08 Å². The van der Waals surface area contributed by atoms with Gasteiger partial charge in [0, 0.05) is 0 Å². The highest BCUT2D eigenvalue weighted by Crippen LogP contribution is 1.94. The van der Waals surface area contributed by atoms with Crippen LogP contribution in [-0.4, -0.2) is 10.5 Å². The molecule has 0 aliphatic heterocycles. The third-order valence-electron chi connectivity index (χ3n) is 0.851. The molecule has 0 aromatic heterocycles. The van der Waals surface area contributed by atoms with Gasteiger partial charge in [0.1, 0.15) is 0 Å². The summed E-state index contributed by atoms with van der Waals surface area (Å²) in [6, 6.07) is 0. The Labute approximate surface area is 53.6 Å². The van der Waals surface area contributed by atoms with E-state index in [1.54, 1.807) is 0 Å². The highest BCUT2D eigenvalue weighted by Gasteiger charge is 1.78. The Bertz CT molecular complexity index is 102. The van der Waals surface area contributed by atoms with Crippen LogP contribution in [0, 0.1) is 0 Å².